The van der Waals surface area contributed by atoms with E-state index in [2.05, 4.69) is 42.0 Å². The van der Waals surface area contributed by atoms with Crippen molar-refractivity contribution >= 4 is 16.7 Å². The first-order valence-electron chi connectivity index (χ1n) is 7.49. The van der Waals surface area contributed by atoms with Gasteiger partial charge in [-0.15, -0.1) is 0 Å². The Morgan fingerprint density at radius 1 is 0.913 bits per heavy atom. The van der Waals surface area contributed by atoms with Gasteiger partial charge in [-0.1, -0.05) is 12.1 Å². The smallest absolute Gasteiger partial charge is 0.134 e. The lowest BCUT2D eigenvalue weighted by Gasteiger charge is -2.09. The maximum absolute atomic E-state index is 5.64. The number of aromatic nitrogens is 2. The summed E-state index contributed by atoms with van der Waals surface area (Å²) in [7, 11) is 0. The molecule has 0 aliphatic carbocycles. The van der Waals surface area contributed by atoms with Gasteiger partial charge in [0.2, 0.25) is 0 Å². The SMILES string of the molecule is C/C(=C(\C=C(/C)c1cccnc1)c1ccco1)c1cccnc1. The molecule has 3 rings (SSSR count). The van der Waals surface area contributed by atoms with E-state index in [1.54, 1.807) is 18.7 Å². The third-order valence-electron chi connectivity index (χ3n) is 3.76. The molecule has 0 aromatic carbocycles. The minimum atomic E-state index is 0.842. The summed E-state index contributed by atoms with van der Waals surface area (Å²) >= 11 is 0. The van der Waals surface area contributed by atoms with Crippen molar-refractivity contribution in [3.63, 3.8) is 0 Å². The number of allylic oxidation sites excluding steroid dienone is 4. The van der Waals surface area contributed by atoms with Gasteiger partial charge in [-0.3, -0.25) is 9.97 Å². The molecule has 0 bridgehead atoms. The molecular weight excluding hydrogens is 284 g/mol. The van der Waals surface area contributed by atoms with Crippen molar-refractivity contribution in [1.82, 2.24) is 9.97 Å². The Hall–Kier alpha value is -2.94. The Bertz CT molecular complexity index is 817. The van der Waals surface area contributed by atoms with Gasteiger partial charge in [0, 0.05) is 30.4 Å². The minimum absolute atomic E-state index is 0.842. The highest BCUT2D eigenvalue weighted by Gasteiger charge is 2.09. The maximum Gasteiger partial charge on any atom is 0.134 e. The first kappa shape index (κ1) is 15.0. The summed E-state index contributed by atoms with van der Waals surface area (Å²) in [5.74, 6) is 0.842. The molecule has 0 atom stereocenters. The summed E-state index contributed by atoms with van der Waals surface area (Å²) in [6, 6.07) is 11.9. The lowest BCUT2D eigenvalue weighted by atomic mass is 9.97. The van der Waals surface area contributed by atoms with Crippen LogP contribution in [0.1, 0.15) is 30.7 Å². The van der Waals surface area contributed by atoms with E-state index in [-0.39, 0.29) is 0 Å². The summed E-state index contributed by atoms with van der Waals surface area (Å²) in [6.45, 7) is 4.17. The molecule has 3 heteroatoms. The fourth-order valence-electron chi connectivity index (χ4n) is 2.43. The van der Waals surface area contributed by atoms with Gasteiger partial charge in [-0.2, -0.15) is 0 Å². The van der Waals surface area contributed by atoms with Gasteiger partial charge < -0.3 is 4.42 Å². The van der Waals surface area contributed by atoms with Crippen LogP contribution in [0.2, 0.25) is 0 Å². The number of rotatable bonds is 4. The Labute approximate surface area is 136 Å². The summed E-state index contributed by atoms with van der Waals surface area (Å²) in [6.07, 6.45) is 11.1. The van der Waals surface area contributed by atoms with Crippen LogP contribution in [0, 0.1) is 0 Å². The predicted octanol–water partition coefficient (Wildman–Crippen LogP) is 5.10. The zero-order chi connectivity index (χ0) is 16.1. The highest BCUT2D eigenvalue weighted by molar-refractivity contribution is 5.96. The topological polar surface area (TPSA) is 38.9 Å². The number of nitrogens with zero attached hydrogens (tertiary/aromatic N) is 2. The minimum Gasteiger partial charge on any atom is -0.464 e. The molecule has 0 spiro atoms. The van der Waals surface area contributed by atoms with Crippen LogP contribution in [0.3, 0.4) is 0 Å². The molecule has 0 radical (unpaired) electrons. The van der Waals surface area contributed by atoms with Gasteiger partial charge in [-0.05, 0) is 66.5 Å². The van der Waals surface area contributed by atoms with E-state index in [0.29, 0.717) is 0 Å². The molecule has 0 N–H and O–H groups in total. The maximum atomic E-state index is 5.64. The lowest BCUT2D eigenvalue weighted by Crippen LogP contribution is -1.89. The number of hydrogen-bond acceptors (Lipinski definition) is 3. The van der Waals surface area contributed by atoms with Crippen LogP contribution in [0.5, 0.6) is 0 Å². The second kappa shape index (κ2) is 6.88. The van der Waals surface area contributed by atoms with Gasteiger partial charge >= 0.3 is 0 Å². The zero-order valence-electron chi connectivity index (χ0n) is 13.2. The lowest BCUT2D eigenvalue weighted by molar-refractivity contribution is 0.554. The molecule has 3 aromatic rings. The van der Waals surface area contributed by atoms with E-state index in [1.165, 1.54) is 0 Å². The molecule has 3 heterocycles. The van der Waals surface area contributed by atoms with Crippen molar-refractivity contribution in [2.75, 3.05) is 0 Å². The van der Waals surface area contributed by atoms with E-state index in [0.717, 1.165) is 33.6 Å². The van der Waals surface area contributed by atoms with Crippen LogP contribution >= 0.6 is 0 Å². The highest BCUT2D eigenvalue weighted by Crippen LogP contribution is 2.30. The average molecular weight is 302 g/mol. The molecule has 3 nitrogen and oxygen atoms in total. The van der Waals surface area contributed by atoms with E-state index in [4.69, 9.17) is 4.42 Å². The summed E-state index contributed by atoms with van der Waals surface area (Å²) in [4.78, 5) is 8.40. The number of hydrogen-bond donors (Lipinski definition) is 0. The Morgan fingerprint density at radius 3 is 2.17 bits per heavy atom. The summed E-state index contributed by atoms with van der Waals surface area (Å²) in [5.41, 5.74) is 5.47. The van der Waals surface area contributed by atoms with Crippen LogP contribution in [-0.4, -0.2) is 9.97 Å². The Balaban J connectivity index is 2.11. The van der Waals surface area contributed by atoms with Crippen molar-refractivity contribution in [2.24, 2.45) is 0 Å². The van der Waals surface area contributed by atoms with E-state index in [1.807, 2.05) is 36.7 Å². The predicted molar refractivity (Wildman–Crippen MR) is 93.3 cm³/mol. The third-order valence-corrected chi connectivity index (χ3v) is 3.76. The fourth-order valence-corrected chi connectivity index (χ4v) is 2.43. The highest BCUT2D eigenvalue weighted by atomic mass is 16.3. The molecule has 3 aromatic heterocycles. The summed E-state index contributed by atoms with van der Waals surface area (Å²) < 4.78 is 5.64. The monoisotopic (exact) mass is 302 g/mol. The zero-order valence-corrected chi connectivity index (χ0v) is 13.2. The van der Waals surface area contributed by atoms with Crippen LogP contribution in [0.15, 0.2) is 77.9 Å². The van der Waals surface area contributed by atoms with Crippen molar-refractivity contribution in [2.45, 2.75) is 13.8 Å². The molecule has 0 saturated carbocycles. The normalized spacial score (nSPS) is 12.9. The van der Waals surface area contributed by atoms with Crippen molar-refractivity contribution in [3.05, 3.63) is 90.4 Å². The quantitative estimate of drug-likeness (QED) is 0.629. The van der Waals surface area contributed by atoms with Crippen molar-refractivity contribution in [3.8, 4) is 0 Å². The molecule has 23 heavy (non-hydrogen) atoms. The molecule has 114 valence electrons. The largest absolute Gasteiger partial charge is 0.464 e. The van der Waals surface area contributed by atoms with Crippen molar-refractivity contribution < 1.29 is 4.42 Å². The van der Waals surface area contributed by atoms with Crippen LogP contribution in [-0.2, 0) is 0 Å². The second-order valence-corrected chi connectivity index (χ2v) is 5.33. The first-order chi connectivity index (χ1) is 11.3. The van der Waals surface area contributed by atoms with Gasteiger partial charge in [-0.25, -0.2) is 0 Å². The van der Waals surface area contributed by atoms with Crippen molar-refractivity contribution in [1.29, 1.82) is 0 Å². The van der Waals surface area contributed by atoms with Crippen LogP contribution in [0.25, 0.3) is 16.7 Å². The van der Waals surface area contributed by atoms with E-state index >= 15 is 0 Å². The van der Waals surface area contributed by atoms with Gasteiger partial charge in [0.15, 0.2) is 0 Å². The standard InChI is InChI=1S/C20H18N2O/c1-15(17-6-3-9-21-13-17)12-19(20-8-5-11-23-20)16(2)18-7-4-10-22-14-18/h3-14H,1-2H3/b15-12+,19-16-. The van der Waals surface area contributed by atoms with E-state index in [9.17, 15) is 0 Å². The molecule has 0 amide bonds. The summed E-state index contributed by atoms with van der Waals surface area (Å²) in [5, 5.41) is 0. The number of furan rings is 1. The van der Waals surface area contributed by atoms with Gasteiger partial charge in [0.25, 0.3) is 0 Å². The number of pyridine rings is 2. The van der Waals surface area contributed by atoms with Gasteiger partial charge in [0.05, 0.1) is 6.26 Å². The van der Waals surface area contributed by atoms with Crippen LogP contribution < -0.4 is 0 Å². The molecule has 0 aliphatic rings. The molecule has 0 fully saturated rings. The Kier molecular flexibility index (Phi) is 4.48. The second-order valence-electron chi connectivity index (χ2n) is 5.33. The average Bonchev–Trinajstić information content (AvgIpc) is 3.15. The Morgan fingerprint density at radius 2 is 1.61 bits per heavy atom. The van der Waals surface area contributed by atoms with Gasteiger partial charge in [0.1, 0.15) is 5.76 Å². The molecule has 0 aliphatic heterocycles. The molecule has 0 unspecified atom stereocenters. The molecule has 0 saturated heterocycles. The molecular formula is C20H18N2O. The first-order valence-corrected chi connectivity index (χ1v) is 7.49. The fraction of sp³-hybridized carbons (Fsp3) is 0.100. The van der Waals surface area contributed by atoms with Crippen LogP contribution in [0.4, 0.5) is 0 Å². The van der Waals surface area contributed by atoms with E-state index < -0.39 is 0 Å². The third kappa shape index (κ3) is 3.46.